The monoisotopic (exact) mass is 414 g/mol. The number of hydrogen-bond donors (Lipinski definition) is 4. The standard InChI is InChI=1S/C20H19ClN4O4/c21-12-1-4-14(5-2-12)25-7-8-29-17(20(25)28)16(26)19(27)24-13-3-6-15-11(9-13)10-23-18(15)22/h1-6,9,16-17,26H,7-8,10H2,(H2,22,23)(H,24,27)/t16-,17-/m1/s1. The van der Waals surface area contributed by atoms with Crippen LogP contribution in [0.15, 0.2) is 42.5 Å². The van der Waals surface area contributed by atoms with Crippen molar-refractivity contribution in [3.05, 3.63) is 58.6 Å². The second kappa shape index (κ2) is 7.82. The van der Waals surface area contributed by atoms with Gasteiger partial charge in [0.15, 0.2) is 12.2 Å². The van der Waals surface area contributed by atoms with Crippen LogP contribution in [-0.2, 0) is 20.9 Å². The molecule has 0 radical (unpaired) electrons. The highest BCUT2D eigenvalue weighted by molar-refractivity contribution is 6.30. The van der Waals surface area contributed by atoms with Gasteiger partial charge in [0.25, 0.3) is 11.8 Å². The number of nitrogens with zero attached hydrogens (tertiary/aromatic N) is 1. The highest BCUT2D eigenvalue weighted by Gasteiger charge is 2.39. The first-order valence-corrected chi connectivity index (χ1v) is 9.45. The van der Waals surface area contributed by atoms with Crippen LogP contribution in [0.4, 0.5) is 11.4 Å². The molecular weight excluding hydrogens is 396 g/mol. The maximum absolute atomic E-state index is 12.8. The van der Waals surface area contributed by atoms with Gasteiger partial charge in [0.05, 0.1) is 6.61 Å². The minimum Gasteiger partial charge on any atom is -0.380 e. The van der Waals surface area contributed by atoms with E-state index in [0.29, 0.717) is 35.3 Å². The Balaban J connectivity index is 1.46. The average molecular weight is 415 g/mol. The minimum atomic E-state index is -1.66. The zero-order chi connectivity index (χ0) is 20.5. The van der Waals surface area contributed by atoms with E-state index in [1.807, 2.05) is 0 Å². The van der Waals surface area contributed by atoms with Gasteiger partial charge in [0, 0.05) is 35.1 Å². The third kappa shape index (κ3) is 3.82. The summed E-state index contributed by atoms with van der Waals surface area (Å²) in [5.41, 5.74) is 2.74. The van der Waals surface area contributed by atoms with Crippen molar-refractivity contribution in [2.24, 2.45) is 0 Å². The lowest BCUT2D eigenvalue weighted by molar-refractivity contribution is -0.150. The molecule has 8 nitrogen and oxygen atoms in total. The van der Waals surface area contributed by atoms with Gasteiger partial charge in [0.2, 0.25) is 0 Å². The number of carbonyl (C=O) groups excluding carboxylic acids is 2. The van der Waals surface area contributed by atoms with Crippen LogP contribution in [0.2, 0.25) is 5.02 Å². The fourth-order valence-corrected chi connectivity index (χ4v) is 3.53. The molecule has 9 heteroatoms. The molecule has 1 saturated heterocycles. The Hall–Kier alpha value is -2.94. The van der Waals surface area contributed by atoms with Crippen molar-refractivity contribution in [1.82, 2.24) is 5.32 Å². The van der Waals surface area contributed by atoms with Crippen LogP contribution in [0.25, 0.3) is 0 Å². The van der Waals surface area contributed by atoms with Crippen molar-refractivity contribution >= 4 is 40.6 Å². The van der Waals surface area contributed by atoms with Crippen LogP contribution >= 0.6 is 11.6 Å². The molecule has 2 aromatic carbocycles. The molecular formula is C20H19ClN4O4. The van der Waals surface area contributed by atoms with Crippen molar-refractivity contribution in [2.45, 2.75) is 18.8 Å². The number of halogens is 1. The van der Waals surface area contributed by atoms with Gasteiger partial charge in [-0.15, -0.1) is 0 Å². The van der Waals surface area contributed by atoms with Crippen LogP contribution in [0.5, 0.6) is 0 Å². The number of hydrogen-bond acceptors (Lipinski definition) is 5. The number of aliphatic hydroxyl groups excluding tert-OH is 1. The topological polar surface area (TPSA) is 115 Å². The normalized spacial score (nSPS) is 19.5. The van der Waals surface area contributed by atoms with E-state index < -0.39 is 24.0 Å². The average Bonchev–Trinajstić information content (AvgIpc) is 3.08. The maximum atomic E-state index is 12.8. The third-order valence-corrected chi connectivity index (χ3v) is 5.17. The summed E-state index contributed by atoms with van der Waals surface area (Å²) >= 11 is 5.89. The quantitative estimate of drug-likeness (QED) is 0.605. The molecule has 0 aromatic heterocycles. The molecule has 0 spiro atoms. The molecule has 4 rings (SSSR count). The molecule has 0 aliphatic carbocycles. The number of carbonyl (C=O) groups is 2. The molecule has 0 bridgehead atoms. The first-order chi connectivity index (χ1) is 13.9. The van der Waals surface area contributed by atoms with Crippen LogP contribution in [-0.4, -0.2) is 48.1 Å². The van der Waals surface area contributed by atoms with Gasteiger partial charge < -0.3 is 25.4 Å². The predicted molar refractivity (Wildman–Crippen MR) is 108 cm³/mol. The Labute approximate surface area is 171 Å². The number of morpholine rings is 1. The second-order valence-corrected chi connectivity index (χ2v) is 7.23. The summed E-state index contributed by atoms with van der Waals surface area (Å²) in [6.45, 7) is 1.01. The van der Waals surface area contributed by atoms with Crippen molar-refractivity contribution in [2.75, 3.05) is 23.4 Å². The Morgan fingerprint density at radius 3 is 2.83 bits per heavy atom. The fraction of sp³-hybridized carbons (Fsp3) is 0.250. The van der Waals surface area contributed by atoms with Gasteiger partial charge >= 0.3 is 0 Å². The van der Waals surface area contributed by atoms with Gasteiger partial charge in [-0.2, -0.15) is 0 Å². The number of benzene rings is 2. The number of amidine groups is 1. The van der Waals surface area contributed by atoms with E-state index in [0.717, 1.165) is 11.1 Å². The number of anilines is 2. The van der Waals surface area contributed by atoms with Gasteiger partial charge in [0.1, 0.15) is 5.84 Å². The molecule has 2 aromatic rings. The molecule has 1 fully saturated rings. The first kappa shape index (κ1) is 19.4. The van der Waals surface area contributed by atoms with E-state index in [9.17, 15) is 14.7 Å². The molecule has 2 aliphatic heterocycles. The van der Waals surface area contributed by atoms with Crippen molar-refractivity contribution in [1.29, 1.82) is 5.41 Å². The lowest BCUT2D eigenvalue weighted by Gasteiger charge is -2.34. The summed E-state index contributed by atoms with van der Waals surface area (Å²) in [4.78, 5) is 26.8. The molecule has 2 heterocycles. The molecule has 0 unspecified atom stereocenters. The van der Waals surface area contributed by atoms with Crippen molar-refractivity contribution in [3.63, 3.8) is 0 Å². The highest BCUT2D eigenvalue weighted by atomic mass is 35.5. The van der Waals surface area contributed by atoms with E-state index in [2.05, 4.69) is 10.6 Å². The molecule has 4 N–H and O–H groups in total. The smallest absolute Gasteiger partial charge is 0.259 e. The van der Waals surface area contributed by atoms with E-state index in [1.165, 1.54) is 4.90 Å². The molecule has 2 aliphatic rings. The summed E-state index contributed by atoms with van der Waals surface area (Å²) in [6.07, 6.45) is -2.97. The van der Waals surface area contributed by atoms with Gasteiger partial charge in [-0.25, -0.2) is 0 Å². The Morgan fingerprint density at radius 2 is 2.07 bits per heavy atom. The Kier molecular flexibility index (Phi) is 5.23. The summed E-state index contributed by atoms with van der Waals surface area (Å²) in [7, 11) is 0. The molecule has 150 valence electrons. The highest BCUT2D eigenvalue weighted by Crippen LogP contribution is 2.24. The van der Waals surface area contributed by atoms with Gasteiger partial charge in [-0.05, 0) is 48.0 Å². The summed E-state index contributed by atoms with van der Waals surface area (Å²) in [6, 6.07) is 11.8. The number of ether oxygens (including phenoxy) is 1. The number of fused-ring (bicyclic) bond motifs is 1. The van der Waals surface area contributed by atoms with Crippen LogP contribution in [0, 0.1) is 5.41 Å². The van der Waals surface area contributed by atoms with Crippen molar-refractivity contribution in [3.8, 4) is 0 Å². The Bertz CT molecular complexity index is 979. The molecule has 2 atom stereocenters. The molecule has 0 saturated carbocycles. The lowest BCUT2D eigenvalue weighted by atomic mass is 10.1. The van der Waals surface area contributed by atoms with Crippen LogP contribution in [0.1, 0.15) is 11.1 Å². The Morgan fingerprint density at radius 1 is 1.31 bits per heavy atom. The fourth-order valence-electron chi connectivity index (χ4n) is 3.40. The van der Waals surface area contributed by atoms with Crippen LogP contribution < -0.4 is 15.5 Å². The van der Waals surface area contributed by atoms with Crippen molar-refractivity contribution < 1.29 is 19.4 Å². The van der Waals surface area contributed by atoms with Gasteiger partial charge in [-0.1, -0.05) is 11.6 Å². The predicted octanol–water partition coefficient (Wildman–Crippen LogP) is 1.50. The second-order valence-electron chi connectivity index (χ2n) is 6.79. The maximum Gasteiger partial charge on any atom is 0.259 e. The molecule has 2 amide bonds. The number of amides is 2. The minimum absolute atomic E-state index is 0.190. The summed E-state index contributed by atoms with van der Waals surface area (Å²) < 4.78 is 5.41. The number of aliphatic hydroxyl groups is 1. The molecule has 29 heavy (non-hydrogen) atoms. The van der Waals surface area contributed by atoms with E-state index in [4.69, 9.17) is 21.7 Å². The number of rotatable bonds is 4. The van der Waals surface area contributed by atoms with E-state index in [1.54, 1.807) is 42.5 Å². The van der Waals surface area contributed by atoms with Gasteiger partial charge in [-0.3, -0.25) is 15.0 Å². The largest absolute Gasteiger partial charge is 0.380 e. The lowest BCUT2D eigenvalue weighted by Crippen LogP contribution is -2.55. The van der Waals surface area contributed by atoms with Crippen LogP contribution in [0.3, 0.4) is 0 Å². The zero-order valence-electron chi connectivity index (χ0n) is 15.3. The zero-order valence-corrected chi connectivity index (χ0v) is 16.1. The number of nitrogens with one attached hydrogen (secondary N) is 3. The summed E-state index contributed by atoms with van der Waals surface area (Å²) in [5, 5.41) is 24.3. The summed E-state index contributed by atoms with van der Waals surface area (Å²) in [5.74, 6) is -0.892. The first-order valence-electron chi connectivity index (χ1n) is 9.07. The van der Waals surface area contributed by atoms with E-state index in [-0.39, 0.29) is 6.61 Å². The van der Waals surface area contributed by atoms with E-state index >= 15 is 0 Å². The third-order valence-electron chi connectivity index (χ3n) is 4.91. The SMILES string of the molecule is N=C1NCc2cc(NC(=O)[C@H](O)[C@H]3OCCN(c4ccc(Cl)cc4)C3=O)ccc21.